The highest BCUT2D eigenvalue weighted by Gasteiger charge is 2.35. The molecule has 1 saturated heterocycles. The molecular weight excluding hydrogens is 396 g/mol. The van der Waals surface area contributed by atoms with Crippen LogP contribution in [0.15, 0.2) is 45.8 Å². The molecule has 4 nitrogen and oxygen atoms in total. The van der Waals surface area contributed by atoms with Crippen LogP contribution in [0.5, 0.6) is 0 Å². The Kier molecular flexibility index (Phi) is 4.43. The molecule has 0 radical (unpaired) electrons. The molecule has 0 spiro atoms. The number of benzene rings is 1. The summed E-state index contributed by atoms with van der Waals surface area (Å²) in [5.41, 5.74) is 1.63. The molecule has 0 aliphatic carbocycles. The van der Waals surface area contributed by atoms with Crippen molar-refractivity contribution in [2.45, 2.75) is 6.92 Å². The van der Waals surface area contributed by atoms with E-state index in [1.54, 1.807) is 12.1 Å². The van der Waals surface area contributed by atoms with Crippen molar-refractivity contribution in [2.24, 2.45) is 0 Å². The largest absolute Gasteiger partial charge is 0.298 e. The lowest BCUT2D eigenvalue weighted by atomic mass is 10.1. The topological polar surface area (TPSA) is 49.4 Å². The SMILES string of the molecule is Cc1ccccc1N1C(=O)/C(=C/c2ccc(Br)s2)C(=O)NC1=S. The molecule has 0 unspecified atom stereocenters. The van der Waals surface area contributed by atoms with Crippen molar-refractivity contribution < 1.29 is 9.59 Å². The lowest BCUT2D eigenvalue weighted by Gasteiger charge is -2.29. The number of halogens is 1. The Morgan fingerprint density at radius 1 is 1.22 bits per heavy atom. The molecule has 2 heterocycles. The fourth-order valence-corrected chi connectivity index (χ4v) is 3.88. The number of aryl methyl sites for hydroxylation is 1. The standard InChI is InChI=1S/C16H11BrN2O2S2/c1-9-4-2-3-5-12(9)19-15(21)11(14(20)18-16(19)22)8-10-6-7-13(17)23-10/h2-8H,1H3,(H,18,20,22)/b11-8+. The smallest absolute Gasteiger partial charge is 0.270 e. The number of anilines is 1. The van der Waals surface area contributed by atoms with Gasteiger partial charge in [-0.05, 0) is 64.9 Å². The number of rotatable bonds is 2. The third kappa shape index (κ3) is 3.12. The van der Waals surface area contributed by atoms with Crippen molar-refractivity contribution in [1.29, 1.82) is 0 Å². The average molecular weight is 407 g/mol. The molecule has 1 fully saturated rings. The van der Waals surface area contributed by atoms with E-state index in [0.717, 1.165) is 14.2 Å². The summed E-state index contributed by atoms with van der Waals surface area (Å²) in [4.78, 5) is 27.2. The van der Waals surface area contributed by atoms with Crippen molar-refractivity contribution in [3.8, 4) is 0 Å². The van der Waals surface area contributed by atoms with E-state index in [4.69, 9.17) is 12.2 Å². The number of hydrogen-bond acceptors (Lipinski definition) is 4. The molecule has 3 rings (SSSR count). The van der Waals surface area contributed by atoms with Crippen LogP contribution in [0.2, 0.25) is 0 Å². The van der Waals surface area contributed by atoms with Gasteiger partial charge in [0.15, 0.2) is 5.11 Å². The molecule has 0 atom stereocenters. The second kappa shape index (κ2) is 6.35. The van der Waals surface area contributed by atoms with Crippen LogP contribution in [0.1, 0.15) is 10.4 Å². The minimum atomic E-state index is -0.477. The van der Waals surface area contributed by atoms with Gasteiger partial charge in [-0.3, -0.25) is 19.8 Å². The van der Waals surface area contributed by atoms with Gasteiger partial charge in [-0.25, -0.2) is 0 Å². The summed E-state index contributed by atoms with van der Waals surface area (Å²) in [5, 5.41) is 2.68. The van der Waals surface area contributed by atoms with Crippen molar-refractivity contribution in [1.82, 2.24) is 5.32 Å². The van der Waals surface area contributed by atoms with Gasteiger partial charge in [0.2, 0.25) is 0 Å². The van der Waals surface area contributed by atoms with Crippen LogP contribution in [0, 0.1) is 6.92 Å². The predicted molar refractivity (Wildman–Crippen MR) is 99.4 cm³/mol. The first-order valence-corrected chi connectivity index (χ1v) is 8.71. The summed E-state index contributed by atoms with van der Waals surface area (Å²) in [6.45, 7) is 1.89. The number of amides is 2. The summed E-state index contributed by atoms with van der Waals surface area (Å²) in [6, 6.07) is 11.1. The van der Waals surface area contributed by atoms with Gasteiger partial charge in [0.05, 0.1) is 9.47 Å². The molecular formula is C16H11BrN2O2S2. The average Bonchev–Trinajstić information content (AvgIpc) is 2.91. The molecule has 23 heavy (non-hydrogen) atoms. The van der Waals surface area contributed by atoms with E-state index in [0.29, 0.717) is 5.69 Å². The number of thiocarbonyl (C=S) groups is 1. The first-order valence-electron chi connectivity index (χ1n) is 6.70. The van der Waals surface area contributed by atoms with E-state index >= 15 is 0 Å². The maximum absolute atomic E-state index is 12.8. The van der Waals surface area contributed by atoms with Gasteiger partial charge < -0.3 is 0 Å². The van der Waals surface area contributed by atoms with Gasteiger partial charge >= 0.3 is 0 Å². The van der Waals surface area contributed by atoms with Gasteiger partial charge in [0.25, 0.3) is 11.8 Å². The highest BCUT2D eigenvalue weighted by Crippen LogP contribution is 2.28. The molecule has 1 N–H and O–H groups in total. The lowest BCUT2D eigenvalue weighted by molar-refractivity contribution is -0.122. The van der Waals surface area contributed by atoms with E-state index in [1.807, 2.05) is 37.3 Å². The monoisotopic (exact) mass is 406 g/mol. The Labute approximate surface area is 150 Å². The van der Waals surface area contributed by atoms with Gasteiger partial charge in [-0.15, -0.1) is 11.3 Å². The number of carbonyl (C=O) groups excluding carboxylic acids is 2. The minimum absolute atomic E-state index is 0.0659. The fraction of sp³-hybridized carbons (Fsp3) is 0.0625. The second-order valence-electron chi connectivity index (χ2n) is 4.89. The van der Waals surface area contributed by atoms with Crippen LogP contribution in [0.4, 0.5) is 5.69 Å². The Morgan fingerprint density at radius 3 is 2.61 bits per heavy atom. The van der Waals surface area contributed by atoms with Crippen LogP contribution in [0.25, 0.3) is 6.08 Å². The van der Waals surface area contributed by atoms with Gasteiger partial charge in [0, 0.05) is 4.88 Å². The van der Waals surface area contributed by atoms with Crippen LogP contribution in [0.3, 0.4) is 0 Å². The molecule has 2 aromatic rings. The van der Waals surface area contributed by atoms with Gasteiger partial charge in [-0.2, -0.15) is 0 Å². The van der Waals surface area contributed by atoms with Crippen molar-refractivity contribution in [3.05, 3.63) is 56.2 Å². The summed E-state index contributed by atoms with van der Waals surface area (Å²) in [6.07, 6.45) is 1.58. The van der Waals surface area contributed by atoms with Crippen LogP contribution in [-0.2, 0) is 9.59 Å². The van der Waals surface area contributed by atoms with E-state index in [2.05, 4.69) is 21.2 Å². The Balaban J connectivity index is 2.04. The molecule has 1 aromatic carbocycles. The normalized spacial score (nSPS) is 16.9. The predicted octanol–water partition coefficient (Wildman–Crippen LogP) is 3.65. The quantitative estimate of drug-likeness (QED) is 0.470. The molecule has 0 bridgehead atoms. The number of carbonyl (C=O) groups is 2. The Hall–Kier alpha value is -1.83. The molecule has 1 aliphatic heterocycles. The summed E-state index contributed by atoms with van der Waals surface area (Å²) >= 11 is 10.00. The van der Waals surface area contributed by atoms with Crippen LogP contribution >= 0.6 is 39.5 Å². The van der Waals surface area contributed by atoms with Gasteiger partial charge in [0.1, 0.15) is 5.57 Å². The van der Waals surface area contributed by atoms with Crippen molar-refractivity contribution in [2.75, 3.05) is 4.90 Å². The van der Waals surface area contributed by atoms with Crippen molar-refractivity contribution in [3.63, 3.8) is 0 Å². The second-order valence-corrected chi connectivity index (χ2v) is 7.77. The first-order chi connectivity index (χ1) is 11.0. The van der Waals surface area contributed by atoms with E-state index in [1.165, 1.54) is 16.2 Å². The first kappa shape index (κ1) is 16.0. The third-order valence-corrected chi connectivity index (χ3v) is 5.19. The van der Waals surface area contributed by atoms with E-state index in [9.17, 15) is 9.59 Å². The molecule has 1 aromatic heterocycles. The highest BCUT2D eigenvalue weighted by molar-refractivity contribution is 9.11. The third-order valence-electron chi connectivity index (χ3n) is 3.34. The molecule has 2 amide bonds. The highest BCUT2D eigenvalue weighted by atomic mass is 79.9. The van der Waals surface area contributed by atoms with E-state index < -0.39 is 11.8 Å². The fourth-order valence-electron chi connectivity index (χ4n) is 2.24. The maximum atomic E-state index is 12.8. The summed E-state index contributed by atoms with van der Waals surface area (Å²) in [7, 11) is 0. The Bertz CT molecular complexity index is 857. The van der Waals surface area contributed by atoms with Gasteiger partial charge in [-0.1, -0.05) is 18.2 Å². The zero-order chi connectivity index (χ0) is 16.6. The lowest BCUT2D eigenvalue weighted by Crippen LogP contribution is -2.54. The van der Waals surface area contributed by atoms with Crippen molar-refractivity contribution >= 4 is 68.2 Å². The molecule has 0 saturated carbocycles. The molecule has 116 valence electrons. The van der Waals surface area contributed by atoms with E-state index in [-0.39, 0.29) is 10.7 Å². The molecule has 1 aliphatic rings. The van der Waals surface area contributed by atoms with Crippen LogP contribution in [-0.4, -0.2) is 16.9 Å². The summed E-state index contributed by atoms with van der Waals surface area (Å²) < 4.78 is 0.930. The number of hydrogen-bond donors (Lipinski definition) is 1. The number of nitrogens with one attached hydrogen (secondary N) is 1. The minimum Gasteiger partial charge on any atom is -0.298 e. The Morgan fingerprint density at radius 2 is 1.96 bits per heavy atom. The zero-order valence-electron chi connectivity index (χ0n) is 12.0. The number of para-hydroxylation sites is 1. The zero-order valence-corrected chi connectivity index (χ0v) is 15.2. The molecule has 7 heteroatoms. The maximum Gasteiger partial charge on any atom is 0.270 e. The summed E-state index contributed by atoms with van der Waals surface area (Å²) in [5.74, 6) is -0.896. The van der Waals surface area contributed by atoms with Crippen LogP contribution < -0.4 is 10.2 Å². The number of nitrogens with zero attached hydrogens (tertiary/aromatic N) is 1. The number of thiophene rings is 1.